The molecule has 4 nitrogen and oxygen atoms in total. The molecule has 2 rings (SSSR count). The van der Waals surface area contributed by atoms with Crippen LogP contribution in [0.3, 0.4) is 0 Å². The first-order chi connectivity index (χ1) is 8.55. The lowest BCUT2D eigenvalue weighted by Gasteiger charge is -2.35. The van der Waals surface area contributed by atoms with Gasteiger partial charge < -0.3 is 19.5 Å². The predicted octanol–water partition coefficient (Wildman–Crippen LogP) is 2.09. The van der Waals surface area contributed by atoms with Crippen molar-refractivity contribution in [2.45, 2.75) is 25.8 Å². The number of fused-ring (bicyclic) bond motifs is 1. The molecule has 18 heavy (non-hydrogen) atoms. The third-order valence-electron chi connectivity index (χ3n) is 3.50. The summed E-state index contributed by atoms with van der Waals surface area (Å²) in [6.45, 7) is 6.10. The molecule has 0 unspecified atom stereocenters. The van der Waals surface area contributed by atoms with Gasteiger partial charge in [0.15, 0.2) is 11.5 Å². The summed E-state index contributed by atoms with van der Waals surface area (Å²) in [5.41, 5.74) is 2.35. The van der Waals surface area contributed by atoms with Crippen LogP contribution in [-0.2, 0) is 12.0 Å². The van der Waals surface area contributed by atoms with Gasteiger partial charge in [-0.3, -0.25) is 0 Å². The Morgan fingerprint density at radius 2 is 1.72 bits per heavy atom. The smallest absolute Gasteiger partial charge is 0.165 e. The van der Waals surface area contributed by atoms with E-state index in [4.69, 9.17) is 14.2 Å². The minimum absolute atomic E-state index is 0.0124. The molecule has 0 bridgehead atoms. The molecule has 4 heteroatoms. The molecule has 1 aliphatic heterocycles. The summed E-state index contributed by atoms with van der Waals surface area (Å²) < 4.78 is 16.4. The molecule has 0 radical (unpaired) electrons. The highest BCUT2D eigenvalue weighted by Gasteiger charge is 2.34. The van der Waals surface area contributed by atoms with E-state index in [1.807, 2.05) is 6.07 Å². The normalized spacial score (nSPS) is 16.9. The molecule has 1 heterocycles. The van der Waals surface area contributed by atoms with E-state index in [2.05, 4.69) is 19.2 Å². The van der Waals surface area contributed by atoms with Gasteiger partial charge >= 0.3 is 0 Å². The van der Waals surface area contributed by atoms with Crippen LogP contribution in [0, 0.1) is 0 Å². The Morgan fingerprint density at radius 1 is 1.06 bits per heavy atom. The van der Waals surface area contributed by atoms with E-state index in [1.165, 1.54) is 5.56 Å². The van der Waals surface area contributed by atoms with Gasteiger partial charge in [-0.1, -0.05) is 13.8 Å². The second-order valence-corrected chi connectivity index (χ2v) is 5.16. The molecule has 0 spiro atoms. The molecule has 0 fully saturated rings. The summed E-state index contributed by atoms with van der Waals surface area (Å²) in [5, 5.41) is 3.42. The average Bonchev–Trinajstić information content (AvgIpc) is 2.36. The molecular formula is C14H21NO3. The highest BCUT2D eigenvalue weighted by molar-refractivity contribution is 5.60. The van der Waals surface area contributed by atoms with Crippen molar-refractivity contribution in [2.24, 2.45) is 0 Å². The van der Waals surface area contributed by atoms with Crippen molar-refractivity contribution >= 4 is 0 Å². The number of ether oxygens (including phenoxy) is 3. The third-order valence-corrected chi connectivity index (χ3v) is 3.50. The Hall–Kier alpha value is -1.42. The van der Waals surface area contributed by atoms with Crippen molar-refractivity contribution in [1.29, 1.82) is 0 Å². The van der Waals surface area contributed by atoms with E-state index in [9.17, 15) is 0 Å². The van der Waals surface area contributed by atoms with E-state index in [-0.39, 0.29) is 5.41 Å². The van der Waals surface area contributed by atoms with Crippen LogP contribution in [0.15, 0.2) is 6.07 Å². The lowest BCUT2D eigenvalue weighted by molar-refractivity contribution is 0.326. The molecule has 1 aromatic rings. The molecule has 0 atom stereocenters. The van der Waals surface area contributed by atoms with Gasteiger partial charge in [0.2, 0.25) is 0 Å². The fourth-order valence-electron chi connectivity index (χ4n) is 2.70. The minimum atomic E-state index is 0.0124. The van der Waals surface area contributed by atoms with E-state index < -0.39 is 0 Å². The van der Waals surface area contributed by atoms with Gasteiger partial charge in [0.25, 0.3) is 0 Å². The second-order valence-electron chi connectivity index (χ2n) is 5.16. The summed E-state index contributed by atoms with van der Waals surface area (Å²) in [6.07, 6.45) is 0. The van der Waals surface area contributed by atoms with E-state index in [1.54, 1.807) is 21.3 Å². The summed E-state index contributed by atoms with van der Waals surface area (Å²) in [7, 11) is 5.01. The van der Waals surface area contributed by atoms with Crippen molar-refractivity contribution < 1.29 is 14.2 Å². The molecule has 0 saturated heterocycles. The Bertz CT molecular complexity index is 455. The Morgan fingerprint density at radius 3 is 2.28 bits per heavy atom. The third kappa shape index (κ3) is 1.90. The van der Waals surface area contributed by atoms with Crippen LogP contribution in [0.1, 0.15) is 25.0 Å². The predicted molar refractivity (Wildman–Crippen MR) is 70.8 cm³/mol. The zero-order valence-corrected chi connectivity index (χ0v) is 11.7. The van der Waals surface area contributed by atoms with Gasteiger partial charge in [-0.05, 0) is 0 Å². The van der Waals surface area contributed by atoms with Crippen LogP contribution < -0.4 is 19.5 Å². The number of rotatable bonds is 3. The molecular weight excluding hydrogens is 230 g/mol. The Labute approximate surface area is 108 Å². The van der Waals surface area contributed by atoms with Crippen LogP contribution in [0.25, 0.3) is 0 Å². The summed E-state index contributed by atoms with van der Waals surface area (Å²) in [4.78, 5) is 0. The largest absolute Gasteiger partial charge is 0.496 e. The quantitative estimate of drug-likeness (QED) is 0.893. The minimum Gasteiger partial charge on any atom is -0.496 e. The highest BCUT2D eigenvalue weighted by atomic mass is 16.5. The van der Waals surface area contributed by atoms with Gasteiger partial charge in [-0.2, -0.15) is 0 Å². The van der Waals surface area contributed by atoms with Crippen LogP contribution in [0.2, 0.25) is 0 Å². The Kier molecular flexibility index (Phi) is 3.39. The molecule has 1 N–H and O–H groups in total. The van der Waals surface area contributed by atoms with Crippen molar-refractivity contribution in [3.8, 4) is 17.2 Å². The van der Waals surface area contributed by atoms with Crippen LogP contribution in [0.4, 0.5) is 0 Å². The molecule has 1 aromatic carbocycles. The monoisotopic (exact) mass is 251 g/mol. The average molecular weight is 251 g/mol. The zero-order chi connectivity index (χ0) is 13.3. The summed E-state index contributed by atoms with van der Waals surface area (Å²) in [5.74, 6) is 2.38. The molecule has 0 aliphatic carbocycles. The summed E-state index contributed by atoms with van der Waals surface area (Å²) >= 11 is 0. The van der Waals surface area contributed by atoms with Crippen molar-refractivity contribution in [1.82, 2.24) is 5.32 Å². The number of methoxy groups -OCH3 is 3. The Balaban J connectivity index is 2.73. The molecule has 0 amide bonds. The summed E-state index contributed by atoms with van der Waals surface area (Å²) in [6, 6.07) is 1.91. The molecule has 1 aliphatic rings. The maximum Gasteiger partial charge on any atom is 0.165 e. The van der Waals surface area contributed by atoms with Crippen LogP contribution in [0.5, 0.6) is 17.2 Å². The lowest BCUT2D eigenvalue weighted by atomic mass is 9.78. The highest BCUT2D eigenvalue weighted by Crippen LogP contribution is 2.46. The number of nitrogens with one attached hydrogen (secondary N) is 1. The molecule has 0 aromatic heterocycles. The van der Waals surface area contributed by atoms with Gasteiger partial charge in [0.05, 0.1) is 21.3 Å². The van der Waals surface area contributed by atoms with Gasteiger partial charge in [-0.15, -0.1) is 0 Å². The van der Waals surface area contributed by atoms with E-state index >= 15 is 0 Å². The van der Waals surface area contributed by atoms with Crippen molar-refractivity contribution in [3.05, 3.63) is 17.2 Å². The fourth-order valence-corrected chi connectivity index (χ4v) is 2.70. The fraction of sp³-hybridized carbons (Fsp3) is 0.571. The zero-order valence-electron chi connectivity index (χ0n) is 11.7. The first kappa shape index (κ1) is 13.0. The van der Waals surface area contributed by atoms with Gasteiger partial charge in [0, 0.05) is 35.7 Å². The van der Waals surface area contributed by atoms with E-state index in [0.29, 0.717) is 5.75 Å². The SMILES string of the molecule is COc1cc(OC)c2c(c1OC)CNCC2(C)C. The van der Waals surface area contributed by atoms with Crippen LogP contribution in [-0.4, -0.2) is 27.9 Å². The molecule has 100 valence electrons. The van der Waals surface area contributed by atoms with E-state index in [0.717, 1.165) is 30.2 Å². The first-order valence-corrected chi connectivity index (χ1v) is 6.08. The van der Waals surface area contributed by atoms with Crippen LogP contribution >= 0.6 is 0 Å². The molecule has 0 saturated carbocycles. The number of benzene rings is 1. The maximum absolute atomic E-state index is 5.53. The second kappa shape index (κ2) is 4.69. The standard InChI is InChI=1S/C14H21NO3/c1-14(2)8-15-7-9-12(14)10(16-3)6-11(17-4)13(9)18-5/h6,15H,7-8H2,1-5H3. The number of hydrogen-bond acceptors (Lipinski definition) is 4. The lowest BCUT2D eigenvalue weighted by Crippen LogP contribution is -2.39. The topological polar surface area (TPSA) is 39.7 Å². The maximum atomic E-state index is 5.53. The van der Waals surface area contributed by atoms with Gasteiger partial charge in [-0.25, -0.2) is 0 Å². The van der Waals surface area contributed by atoms with Crippen molar-refractivity contribution in [2.75, 3.05) is 27.9 Å². The first-order valence-electron chi connectivity index (χ1n) is 6.08. The van der Waals surface area contributed by atoms with Crippen molar-refractivity contribution in [3.63, 3.8) is 0 Å². The van der Waals surface area contributed by atoms with Gasteiger partial charge in [0.1, 0.15) is 5.75 Å². The number of hydrogen-bond donors (Lipinski definition) is 1.